The number of carbonyl (C=O) groups excluding carboxylic acids is 2. The maximum absolute atomic E-state index is 12.7. The van der Waals surface area contributed by atoms with Crippen molar-refractivity contribution in [1.29, 1.82) is 0 Å². The Kier molecular flexibility index (Phi) is 5.84. The van der Waals surface area contributed by atoms with Crippen LogP contribution in [-0.2, 0) is 12.8 Å². The molecule has 0 saturated heterocycles. The highest BCUT2D eigenvalue weighted by molar-refractivity contribution is 6.06. The van der Waals surface area contributed by atoms with Gasteiger partial charge >= 0.3 is 0 Å². The number of amides is 2. The highest BCUT2D eigenvalue weighted by atomic mass is 16.2. The molecule has 7 nitrogen and oxygen atoms in total. The Morgan fingerprint density at radius 2 is 1.39 bits per heavy atom. The minimum Gasteiger partial charge on any atom is -0.267 e. The largest absolute Gasteiger partial charge is 0.290 e. The SMILES string of the molecule is O=C(NNC(=O)c1n[nH]c(=O)c2ccccc12)c1ccccc1CCc1ccccc1. The number of H-pyrrole nitrogens is 1. The molecule has 0 atom stereocenters. The van der Waals surface area contributed by atoms with Gasteiger partial charge in [-0.1, -0.05) is 66.7 Å². The van der Waals surface area contributed by atoms with Crippen molar-refractivity contribution in [3.63, 3.8) is 0 Å². The summed E-state index contributed by atoms with van der Waals surface area (Å²) in [6, 6.07) is 24.0. The molecule has 1 aromatic heterocycles. The first-order chi connectivity index (χ1) is 15.1. The van der Waals surface area contributed by atoms with E-state index < -0.39 is 11.8 Å². The third-order valence-corrected chi connectivity index (χ3v) is 4.99. The summed E-state index contributed by atoms with van der Waals surface area (Å²) in [5.41, 5.74) is 7.01. The standard InChI is InChI=1S/C24H20N4O3/c29-22(18-11-5-4-10-17(18)15-14-16-8-2-1-3-9-16)27-28-24(31)21-19-12-6-7-13-20(19)23(30)26-25-21/h1-13H,14-15H2,(H,26,30)(H,27,29)(H,28,31). The molecule has 0 fully saturated rings. The molecule has 3 N–H and O–H groups in total. The fraction of sp³-hybridized carbons (Fsp3) is 0.0833. The van der Waals surface area contributed by atoms with E-state index in [0.717, 1.165) is 12.0 Å². The summed E-state index contributed by atoms with van der Waals surface area (Å²) in [7, 11) is 0. The van der Waals surface area contributed by atoms with Gasteiger partial charge in [0.2, 0.25) is 0 Å². The summed E-state index contributed by atoms with van der Waals surface area (Å²) in [6.07, 6.45) is 1.48. The molecule has 0 aliphatic rings. The molecule has 0 saturated carbocycles. The zero-order valence-electron chi connectivity index (χ0n) is 16.6. The summed E-state index contributed by atoms with van der Waals surface area (Å²) in [5.74, 6) is -1.05. The number of aryl methyl sites for hydroxylation is 2. The van der Waals surface area contributed by atoms with Crippen LogP contribution in [0.1, 0.15) is 32.0 Å². The van der Waals surface area contributed by atoms with Gasteiger partial charge in [-0.3, -0.25) is 25.2 Å². The number of hydrogen-bond acceptors (Lipinski definition) is 4. The molecular formula is C24H20N4O3. The average molecular weight is 412 g/mol. The smallest absolute Gasteiger partial charge is 0.267 e. The highest BCUT2D eigenvalue weighted by Crippen LogP contribution is 2.14. The number of nitrogens with one attached hydrogen (secondary N) is 3. The predicted molar refractivity (Wildman–Crippen MR) is 118 cm³/mol. The summed E-state index contributed by atoms with van der Waals surface area (Å²) in [5, 5.41) is 6.89. The van der Waals surface area contributed by atoms with Gasteiger partial charge in [-0.05, 0) is 36.1 Å². The third-order valence-electron chi connectivity index (χ3n) is 4.99. The van der Waals surface area contributed by atoms with Gasteiger partial charge in [0.05, 0.1) is 5.39 Å². The molecule has 0 bridgehead atoms. The summed E-state index contributed by atoms with van der Waals surface area (Å²) in [6.45, 7) is 0. The minimum absolute atomic E-state index is 0.0212. The van der Waals surface area contributed by atoms with Crippen LogP contribution in [0.4, 0.5) is 0 Å². The van der Waals surface area contributed by atoms with E-state index in [1.165, 1.54) is 5.56 Å². The predicted octanol–water partition coefficient (Wildman–Crippen LogP) is 2.78. The van der Waals surface area contributed by atoms with Crippen LogP contribution in [0.3, 0.4) is 0 Å². The van der Waals surface area contributed by atoms with E-state index >= 15 is 0 Å². The molecule has 0 radical (unpaired) electrons. The van der Waals surface area contributed by atoms with Crippen LogP contribution in [0.2, 0.25) is 0 Å². The number of carbonyl (C=O) groups is 2. The quantitative estimate of drug-likeness (QED) is 0.439. The Balaban J connectivity index is 1.47. The lowest BCUT2D eigenvalue weighted by atomic mass is 9.99. The van der Waals surface area contributed by atoms with Crippen molar-refractivity contribution < 1.29 is 9.59 Å². The van der Waals surface area contributed by atoms with E-state index in [-0.39, 0.29) is 11.3 Å². The van der Waals surface area contributed by atoms with E-state index in [9.17, 15) is 14.4 Å². The summed E-state index contributed by atoms with van der Waals surface area (Å²) in [4.78, 5) is 37.2. The van der Waals surface area contributed by atoms with Crippen molar-refractivity contribution in [1.82, 2.24) is 21.0 Å². The molecule has 0 aliphatic carbocycles. The van der Waals surface area contributed by atoms with Crippen LogP contribution in [0, 0.1) is 0 Å². The summed E-state index contributed by atoms with van der Waals surface area (Å²) < 4.78 is 0. The monoisotopic (exact) mass is 412 g/mol. The maximum Gasteiger partial charge on any atom is 0.290 e. The first-order valence-corrected chi connectivity index (χ1v) is 9.83. The Morgan fingerprint density at radius 1 is 0.742 bits per heavy atom. The molecule has 1 heterocycles. The third kappa shape index (κ3) is 4.51. The second-order valence-electron chi connectivity index (χ2n) is 7.00. The fourth-order valence-corrected chi connectivity index (χ4v) is 3.41. The molecule has 0 spiro atoms. The van der Waals surface area contributed by atoms with Crippen LogP contribution >= 0.6 is 0 Å². The van der Waals surface area contributed by atoms with Gasteiger partial charge in [-0.15, -0.1) is 0 Å². The summed E-state index contributed by atoms with van der Waals surface area (Å²) >= 11 is 0. The van der Waals surface area contributed by atoms with Crippen molar-refractivity contribution in [2.45, 2.75) is 12.8 Å². The van der Waals surface area contributed by atoms with Gasteiger partial charge in [0.25, 0.3) is 17.4 Å². The zero-order valence-corrected chi connectivity index (χ0v) is 16.6. The van der Waals surface area contributed by atoms with Gasteiger partial charge < -0.3 is 0 Å². The molecule has 4 rings (SSSR count). The number of benzene rings is 3. The van der Waals surface area contributed by atoms with E-state index in [0.29, 0.717) is 22.8 Å². The van der Waals surface area contributed by atoms with Crippen LogP contribution in [0.5, 0.6) is 0 Å². The normalized spacial score (nSPS) is 10.6. The van der Waals surface area contributed by atoms with Crippen molar-refractivity contribution >= 4 is 22.6 Å². The number of aromatic amines is 1. The lowest BCUT2D eigenvalue weighted by Gasteiger charge is -2.11. The lowest BCUT2D eigenvalue weighted by Crippen LogP contribution is -2.42. The first kappa shape index (κ1) is 20.0. The number of hydrogen-bond donors (Lipinski definition) is 3. The van der Waals surface area contributed by atoms with Crippen LogP contribution < -0.4 is 16.4 Å². The second kappa shape index (κ2) is 9.04. The van der Waals surface area contributed by atoms with E-state index in [2.05, 4.69) is 21.0 Å². The fourth-order valence-electron chi connectivity index (χ4n) is 3.41. The van der Waals surface area contributed by atoms with Crippen LogP contribution in [0.25, 0.3) is 10.8 Å². The van der Waals surface area contributed by atoms with E-state index in [1.807, 2.05) is 42.5 Å². The van der Waals surface area contributed by atoms with Crippen LogP contribution in [-0.4, -0.2) is 22.0 Å². The van der Waals surface area contributed by atoms with E-state index in [4.69, 9.17) is 0 Å². The Labute approximate surface area is 178 Å². The van der Waals surface area contributed by atoms with Gasteiger partial charge in [0.15, 0.2) is 5.69 Å². The van der Waals surface area contributed by atoms with Crippen molar-refractivity contribution in [3.8, 4) is 0 Å². The lowest BCUT2D eigenvalue weighted by molar-refractivity contribution is 0.0844. The molecular weight excluding hydrogens is 392 g/mol. The Hall–Kier alpha value is -4.26. The number of nitrogens with zero attached hydrogens (tertiary/aromatic N) is 1. The van der Waals surface area contributed by atoms with Gasteiger partial charge in [-0.25, -0.2) is 5.10 Å². The van der Waals surface area contributed by atoms with Crippen molar-refractivity contribution in [3.05, 3.63) is 112 Å². The van der Waals surface area contributed by atoms with Crippen molar-refractivity contribution in [2.75, 3.05) is 0 Å². The molecule has 3 aromatic carbocycles. The Morgan fingerprint density at radius 3 is 2.19 bits per heavy atom. The zero-order chi connectivity index (χ0) is 21.6. The van der Waals surface area contributed by atoms with E-state index in [1.54, 1.807) is 36.4 Å². The molecule has 7 heteroatoms. The number of aromatic nitrogens is 2. The number of rotatable bonds is 5. The molecule has 4 aromatic rings. The minimum atomic E-state index is -0.623. The van der Waals surface area contributed by atoms with Gasteiger partial charge in [-0.2, -0.15) is 5.10 Å². The van der Waals surface area contributed by atoms with Crippen molar-refractivity contribution in [2.24, 2.45) is 0 Å². The average Bonchev–Trinajstić information content (AvgIpc) is 2.82. The molecule has 0 aliphatic heterocycles. The van der Waals surface area contributed by atoms with Gasteiger partial charge in [0, 0.05) is 10.9 Å². The molecule has 0 unspecified atom stereocenters. The highest BCUT2D eigenvalue weighted by Gasteiger charge is 2.16. The van der Waals surface area contributed by atoms with Crippen LogP contribution in [0.15, 0.2) is 83.7 Å². The topological polar surface area (TPSA) is 104 Å². The number of hydrazine groups is 1. The van der Waals surface area contributed by atoms with Gasteiger partial charge in [0.1, 0.15) is 0 Å². The Bertz CT molecular complexity index is 1300. The molecule has 154 valence electrons. The molecule has 31 heavy (non-hydrogen) atoms. The first-order valence-electron chi connectivity index (χ1n) is 9.83. The maximum atomic E-state index is 12.7. The number of fused-ring (bicyclic) bond motifs is 1. The molecule has 2 amide bonds. The second-order valence-corrected chi connectivity index (χ2v) is 7.00.